The van der Waals surface area contributed by atoms with Crippen LogP contribution in [0.5, 0.6) is 11.5 Å². The van der Waals surface area contributed by atoms with Crippen LogP contribution in [0.15, 0.2) is 66.7 Å². The minimum Gasteiger partial charge on any atom is -0.506 e. The first-order valence-corrected chi connectivity index (χ1v) is 13.2. The fourth-order valence-corrected chi connectivity index (χ4v) is 6.16. The molecule has 1 saturated heterocycles. The average Bonchev–Trinajstić information content (AvgIpc) is 3.39. The molecule has 39 heavy (non-hydrogen) atoms. The second-order valence-corrected chi connectivity index (χ2v) is 10.1. The molecule has 1 spiro atoms. The monoisotopic (exact) mass is 569 g/mol. The Labute approximate surface area is 234 Å². The van der Waals surface area contributed by atoms with Gasteiger partial charge in [0.25, 0.3) is 0 Å². The number of Topliss-reactive ketones (excluding diaryl/α,β-unsaturated/α-hetero) is 1. The van der Waals surface area contributed by atoms with Gasteiger partial charge in [-0.1, -0.05) is 65.7 Å². The molecule has 8 nitrogen and oxygen atoms in total. The van der Waals surface area contributed by atoms with Crippen molar-refractivity contribution in [3.8, 4) is 11.5 Å². The Morgan fingerprint density at radius 3 is 2.21 bits per heavy atom. The molecular weight excluding hydrogens is 545 g/mol. The number of phenols is 1. The van der Waals surface area contributed by atoms with E-state index in [1.807, 2.05) is 0 Å². The lowest BCUT2D eigenvalue weighted by Crippen LogP contribution is -2.61. The number of aromatic hydroxyl groups is 1. The van der Waals surface area contributed by atoms with Crippen LogP contribution >= 0.6 is 23.2 Å². The molecule has 2 heterocycles. The number of rotatable bonds is 6. The molecule has 0 amide bonds. The minimum atomic E-state index is -2.25. The summed E-state index contributed by atoms with van der Waals surface area (Å²) in [4.78, 5) is 42.3. The van der Waals surface area contributed by atoms with Crippen molar-refractivity contribution in [1.82, 2.24) is 5.32 Å². The maximum absolute atomic E-state index is 14.5. The lowest BCUT2D eigenvalue weighted by Gasteiger charge is -2.37. The molecule has 3 aromatic carbocycles. The highest BCUT2D eigenvalue weighted by atomic mass is 35.5. The summed E-state index contributed by atoms with van der Waals surface area (Å²) in [5.74, 6) is -3.85. The van der Waals surface area contributed by atoms with Gasteiger partial charge in [0, 0.05) is 10.6 Å². The molecule has 2 N–H and O–H groups in total. The van der Waals surface area contributed by atoms with Crippen molar-refractivity contribution in [2.75, 3.05) is 13.2 Å². The number of hydrogen-bond donors (Lipinski definition) is 2. The van der Waals surface area contributed by atoms with Gasteiger partial charge in [-0.3, -0.25) is 10.1 Å². The third-order valence-corrected chi connectivity index (χ3v) is 7.63. The van der Waals surface area contributed by atoms with Gasteiger partial charge < -0.3 is 19.3 Å². The molecule has 0 saturated carbocycles. The number of carbonyl (C=O) groups is 3. The van der Waals surface area contributed by atoms with E-state index >= 15 is 0 Å². The lowest BCUT2D eigenvalue weighted by molar-refractivity contribution is -0.167. The number of halogens is 2. The minimum absolute atomic E-state index is 0.0515. The molecule has 3 aromatic rings. The molecule has 0 bridgehead atoms. The van der Waals surface area contributed by atoms with Crippen LogP contribution in [0.2, 0.25) is 10.0 Å². The van der Waals surface area contributed by atoms with Crippen LogP contribution in [-0.4, -0.2) is 47.2 Å². The van der Waals surface area contributed by atoms with Gasteiger partial charge in [0.2, 0.25) is 16.9 Å². The van der Waals surface area contributed by atoms with E-state index in [0.717, 1.165) is 0 Å². The van der Waals surface area contributed by atoms with Crippen molar-refractivity contribution < 1.29 is 33.7 Å². The van der Waals surface area contributed by atoms with Crippen molar-refractivity contribution in [2.45, 2.75) is 36.9 Å². The van der Waals surface area contributed by atoms with Crippen LogP contribution in [0.3, 0.4) is 0 Å². The van der Waals surface area contributed by atoms with Gasteiger partial charge in [-0.2, -0.15) is 0 Å². The quantitative estimate of drug-likeness (QED) is 0.315. The number of benzene rings is 3. The average molecular weight is 570 g/mol. The molecule has 1 fully saturated rings. The third kappa shape index (κ3) is 3.97. The summed E-state index contributed by atoms with van der Waals surface area (Å²) in [6, 6.07) is 16.7. The molecule has 0 unspecified atom stereocenters. The Morgan fingerprint density at radius 2 is 1.59 bits per heavy atom. The molecule has 2 aliphatic heterocycles. The smallest absolute Gasteiger partial charge is 0.338 e. The number of phenolic OH excluding ortho intramolecular Hbond substituents is 1. The molecule has 202 valence electrons. The zero-order valence-electron chi connectivity index (χ0n) is 21.1. The summed E-state index contributed by atoms with van der Waals surface area (Å²) < 4.78 is 17.4. The van der Waals surface area contributed by atoms with Crippen molar-refractivity contribution in [1.29, 1.82) is 0 Å². The van der Waals surface area contributed by atoms with Crippen LogP contribution < -0.4 is 10.1 Å². The number of para-hydroxylation sites is 1. The Balaban J connectivity index is 1.89. The number of nitrogens with one attached hydrogen (secondary N) is 1. The van der Waals surface area contributed by atoms with Gasteiger partial charge in [-0.05, 0) is 43.7 Å². The van der Waals surface area contributed by atoms with Crippen molar-refractivity contribution in [2.24, 2.45) is 0 Å². The highest BCUT2D eigenvalue weighted by Crippen LogP contribution is 2.60. The normalized spacial score (nSPS) is 22.8. The van der Waals surface area contributed by atoms with E-state index < -0.39 is 40.8 Å². The SMILES string of the molecule is CCOC(=O)C1(C(=O)OCC)N[C@H](c2cc(Cl)cc(Cl)c2O)[C@]2(Oc3ccccc3C2=O)[C@@H]1c1ccccc1. The van der Waals surface area contributed by atoms with Crippen molar-refractivity contribution >= 4 is 40.9 Å². The second kappa shape index (κ2) is 10.2. The molecule has 0 radical (unpaired) electrons. The van der Waals surface area contributed by atoms with Crippen LogP contribution in [0.1, 0.15) is 47.3 Å². The Morgan fingerprint density at radius 1 is 0.974 bits per heavy atom. The van der Waals surface area contributed by atoms with E-state index in [1.165, 1.54) is 12.1 Å². The van der Waals surface area contributed by atoms with Gasteiger partial charge in [-0.25, -0.2) is 9.59 Å². The fraction of sp³-hybridized carbons (Fsp3) is 0.276. The number of carbonyl (C=O) groups excluding carboxylic acids is 3. The largest absolute Gasteiger partial charge is 0.506 e. The summed E-state index contributed by atoms with van der Waals surface area (Å²) in [6.07, 6.45) is 0. The zero-order valence-corrected chi connectivity index (χ0v) is 22.6. The Bertz CT molecular complexity index is 1440. The molecule has 2 aliphatic rings. The van der Waals surface area contributed by atoms with Crippen LogP contribution in [0.25, 0.3) is 0 Å². The van der Waals surface area contributed by atoms with Gasteiger partial charge in [0.1, 0.15) is 11.5 Å². The summed E-state index contributed by atoms with van der Waals surface area (Å²) in [5.41, 5.74) is -3.47. The van der Waals surface area contributed by atoms with Crippen LogP contribution in [0, 0.1) is 0 Å². The number of ether oxygens (including phenoxy) is 3. The molecule has 5 rings (SSSR count). The lowest BCUT2D eigenvalue weighted by atomic mass is 9.68. The van der Waals surface area contributed by atoms with E-state index in [0.29, 0.717) is 5.56 Å². The highest BCUT2D eigenvalue weighted by molar-refractivity contribution is 6.35. The first-order valence-electron chi connectivity index (χ1n) is 12.4. The van der Waals surface area contributed by atoms with Gasteiger partial charge in [-0.15, -0.1) is 0 Å². The number of fused-ring (bicyclic) bond motifs is 1. The fourth-order valence-electron chi connectivity index (χ4n) is 5.65. The number of ketones is 1. The molecule has 10 heteroatoms. The van der Waals surface area contributed by atoms with Gasteiger partial charge in [0.05, 0.1) is 35.8 Å². The van der Waals surface area contributed by atoms with E-state index in [9.17, 15) is 19.5 Å². The van der Waals surface area contributed by atoms with E-state index in [2.05, 4.69) is 5.32 Å². The maximum atomic E-state index is 14.5. The highest BCUT2D eigenvalue weighted by Gasteiger charge is 2.77. The predicted octanol–water partition coefficient (Wildman–Crippen LogP) is 5.01. The van der Waals surface area contributed by atoms with Gasteiger partial charge in [0.15, 0.2) is 0 Å². The molecular formula is C29H25Cl2NO7. The first kappa shape index (κ1) is 27.0. The van der Waals surface area contributed by atoms with Crippen molar-refractivity contribution in [3.05, 3.63) is 93.5 Å². The van der Waals surface area contributed by atoms with Crippen LogP contribution in [-0.2, 0) is 19.1 Å². The summed E-state index contributed by atoms with van der Waals surface area (Å²) in [6.45, 7) is 3.10. The second-order valence-electron chi connectivity index (χ2n) is 9.22. The predicted molar refractivity (Wildman–Crippen MR) is 143 cm³/mol. The maximum Gasteiger partial charge on any atom is 0.338 e. The van der Waals surface area contributed by atoms with E-state index in [4.69, 9.17) is 37.4 Å². The number of esters is 2. The van der Waals surface area contributed by atoms with Gasteiger partial charge >= 0.3 is 11.9 Å². The van der Waals surface area contributed by atoms with Crippen LogP contribution in [0.4, 0.5) is 0 Å². The number of hydrogen-bond acceptors (Lipinski definition) is 8. The van der Waals surface area contributed by atoms with Crippen molar-refractivity contribution in [3.63, 3.8) is 0 Å². The molecule has 0 aromatic heterocycles. The first-order chi connectivity index (χ1) is 18.7. The zero-order chi connectivity index (χ0) is 27.9. The molecule has 3 atom stereocenters. The van der Waals surface area contributed by atoms with E-state index in [1.54, 1.807) is 68.4 Å². The third-order valence-electron chi connectivity index (χ3n) is 7.12. The van der Waals surface area contributed by atoms with E-state index in [-0.39, 0.29) is 45.9 Å². The Hall–Kier alpha value is -3.59. The topological polar surface area (TPSA) is 111 Å². The Kier molecular flexibility index (Phi) is 7.05. The summed E-state index contributed by atoms with van der Waals surface area (Å²) in [7, 11) is 0. The molecule has 0 aliphatic carbocycles. The standard InChI is InChI=1S/C29H25Cl2NO7/c1-3-37-26(35)28(27(36)38-4-2)23(16-10-6-5-7-11-16)29(25(34)18-12-8-9-13-21(18)39-29)24(32-28)19-14-17(30)15-20(31)22(19)33/h5-15,23-24,32-33H,3-4H2,1-2H3/t23-,24-,29-/m1/s1. The summed E-state index contributed by atoms with van der Waals surface area (Å²) >= 11 is 12.6. The summed E-state index contributed by atoms with van der Waals surface area (Å²) in [5, 5.41) is 14.2.